The number of carbonyl (C=O) groups is 1. The van der Waals surface area contributed by atoms with Gasteiger partial charge in [-0.3, -0.25) is 4.79 Å². The zero-order valence-corrected chi connectivity index (χ0v) is 11.1. The van der Waals surface area contributed by atoms with Gasteiger partial charge in [0.2, 0.25) is 5.91 Å². The summed E-state index contributed by atoms with van der Waals surface area (Å²) < 4.78 is 0. The topological polar surface area (TPSA) is 68.0 Å². The first kappa shape index (κ1) is 13.8. The molecule has 17 heavy (non-hydrogen) atoms. The van der Waals surface area contributed by atoms with E-state index in [2.05, 4.69) is 24.1 Å². The van der Waals surface area contributed by atoms with Crippen LogP contribution in [0.3, 0.4) is 0 Å². The van der Waals surface area contributed by atoms with Crippen molar-refractivity contribution in [2.45, 2.75) is 25.3 Å². The van der Waals surface area contributed by atoms with Gasteiger partial charge in [-0.1, -0.05) is 25.6 Å². The first-order valence-electron chi connectivity index (χ1n) is 5.69. The number of rotatable bonds is 6. The van der Waals surface area contributed by atoms with Crippen molar-refractivity contribution in [2.75, 3.05) is 18.0 Å². The summed E-state index contributed by atoms with van der Waals surface area (Å²) in [5.41, 5.74) is 6.16. The molecule has 0 atom stereocenters. The van der Waals surface area contributed by atoms with Crippen molar-refractivity contribution in [2.24, 2.45) is 5.92 Å². The number of hydrogen-bond donors (Lipinski definition) is 2. The fraction of sp³-hybridized carbons (Fsp3) is 0.500. The number of carbonyl (C=O) groups excluding carboxylic acids is 1. The molecule has 1 heterocycles. The Bertz CT molecular complexity index is 351. The molecular weight excluding hydrogens is 234 g/mol. The second-order valence-corrected chi connectivity index (χ2v) is 5.25. The van der Waals surface area contributed by atoms with Gasteiger partial charge in [0, 0.05) is 6.54 Å². The van der Waals surface area contributed by atoms with Crippen LogP contribution in [0.2, 0.25) is 0 Å². The molecule has 0 spiro atoms. The lowest BCUT2D eigenvalue weighted by Crippen LogP contribution is -2.26. The van der Waals surface area contributed by atoms with Crippen molar-refractivity contribution in [3.8, 4) is 0 Å². The Kier molecular flexibility index (Phi) is 5.83. The second kappa shape index (κ2) is 7.17. The molecule has 1 rings (SSSR count). The Hall–Kier alpha value is -1.23. The van der Waals surface area contributed by atoms with Crippen LogP contribution in [-0.2, 0) is 4.79 Å². The maximum atomic E-state index is 11.5. The van der Waals surface area contributed by atoms with Crippen molar-refractivity contribution < 1.29 is 4.79 Å². The Morgan fingerprint density at radius 3 is 2.88 bits per heavy atom. The maximum Gasteiger partial charge on any atom is 0.230 e. The molecule has 0 unspecified atom stereocenters. The molecule has 1 amide bonds. The number of amides is 1. The van der Waals surface area contributed by atoms with Gasteiger partial charge < -0.3 is 11.1 Å². The normalized spacial score (nSPS) is 10.5. The van der Waals surface area contributed by atoms with Gasteiger partial charge in [-0.05, 0) is 24.5 Å². The third-order valence-electron chi connectivity index (χ3n) is 2.15. The number of nitrogens with one attached hydrogen (secondary N) is 1. The Labute approximate surface area is 106 Å². The predicted molar refractivity (Wildman–Crippen MR) is 71.8 cm³/mol. The molecule has 1 aromatic heterocycles. The SMILES string of the molecule is CC(C)CCNC(=O)CSc1ccc(N)cn1. The number of thioether (sulfide) groups is 1. The first-order valence-corrected chi connectivity index (χ1v) is 6.67. The Morgan fingerprint density at radius 2 is 2.29 bits per heavy atom. The number of aromatic nitrogens is 1. The zero-order valence-electron chi connectivity index (χ0n) is 10.3. The van der Waals surface area contributed by atoms with Gasteiger partial charge >= 0.3 is 0 Å². The fourth-order valence-electron chi connectivity index (χ4n) is 1.17. The highest BCUT2D eigenvalue weighted by Gasteiger charge is 2.03. The lowest BCUT2D eigenvalue weighted by molar-refractivity contribution is -0.118. The molecule has 3 N–H and O–H groups in total. The van der Waals surface area contributed by atoms with Crippen molar-refractivity contribution >= 4 is 23.4 Å². The van der Waals surface area contributed by atoms with Crippen LogP contribution < -0.4 is 11.1 Å². The van der Waals surface area contributed by atoms with E-state index >= 15 is 0 Å². The third-order valence-corrected chi connectivity index (χ3v) is 3.10. The first-order chi connectivity index (χ1) is 8.08. The minimum absolute atomic E-state index is 0.0503. The van der Waals surface area contributed by atoms with E-state index in [1.54, 1.807) is 12.3 Å². The largest absolute Gasteiger partial charge is 0.397 e. The zero-order chi connectivity index (χ0) is 12.7. The summed E-state index contributed by atoms with van der Waals surface area (Å²) in [5.74, 6) is 1.06. The summed E-state index contributed by atoms with van der Waals surface area (Å²) in [5, 5.41) is 3.70. The molecule has 0 fully saturated rings. The van der Waals surface area contributed by atoms with Gasteiger partial charge in [-0.25, -0.2) is 4.98 Å². The number of pyridine rings is 1. The molecular formula is C12H19N3OS. The summed E-state index contributed by atoms with van der Waals surface area (Å²) in [6.07, 6.45) is 2.61. The van der Waals surface area contributed by atoms with Gasteiger partial charge in [-0.2, -0.15) is 0 Å². The molecule has 0 bridgehead atoms. The van der Waals surface area contributed by atoms with Gasteiger partial charge in [0.25, 0.3) is 0 Å². The van der Waals surface area contributed by atoms with E-state index in [9.17, 15) is 4.79 Å². The number of nitrogen functional groups attached to an aromatic ring is 1. The van der Waals surface area contributed by atoms with Crippen LogP contribution >= 0.6 is 11.8 Å². The fourth-order valence-corrected chi connectivity index (χ4v) is 1.84. The summed E-state index contributed by atoms with van der Waals surface area (Å²) in [7, 11) is 0. The molecule has 94 valence electrons. The lowest BCUT2D eigenvalue weighted by Gasteiger charge is -2.06. The molecule has 4 nitrogen and oxygen atoms in total. The maximum absolute atomic E-state index is 11.5. The van der Waals surface area contributed by atoms with E-state index in [-0.39, 0.29) is 5.91 Å². The molecule has 0 saturated carbocycles. The van der Waals surface area contributed by atoms with Gasteiger partial charge in [-0.15, -0.1) is 0 Å². The van der Waals surface area contributed by atoms with Gasteiger partial charge in [0.05, 0.1) is 22.7 Å². The number of hydrogen-bond acceptors (Lipinski definition) is 4. The predicted octanol–water partition coefficient (Wildman–Crippen LogP) is 1.92. The summed E-state index contributed by atoms with van der Waals surface area (Å²) in [6, 6.07) is 3.60. The molecule has 0 aliphatic heterocycles. The van der Waals surface area contributed by atoms with Crippen LogP contribution in [0.5, 0.6) is 0 Å². The highest BCUT2D eigenvalue weighted by Crippen LogP contribution is 2.15. The summed E-state index contributed by atoms with van der Waals surface area (Å²) >= 11 is 1.42. The monoisotopic (exact) mass is 253 g/mol. The molecule has 0 aliphatic carbocycles. The molecule has 0 aliphatic rings. The smallest absolute Gasteiger partial charge is 0.230 e. The highest BCUT2D eigenvalue weighted by atomic mass is 32.2. The van der Waals surface area contributed by atoms with Gasteiger partial charge in [0.15, 0.2) is 0 Å². The van der Waals surface area contributed by atoms with Crippen molar-refractivity contribution in [1.82, 2.24) is 10.3 Å². The molecule has 0 radical (unpaired) electrons. The van der Waals surface area contributed by atoms with Crippen LogP contribution in [0.25, 0.3) is 0 Å². The average molecular weight is 253 g/mol. The molecule has 1 aromatic rings. The van der Waals surface area contributed by atoms with Crippen molar-refractivity contribution in [1.29, 1.82) is 0 Å². The summed E-state index contributed by atoms with van der Waals surface area (Å²) in [6.45, 7) is 5.02. The molecule has 5 heteroatoms. The van der Waals surface area contributed by atoms with Crippen LogP contribution in [0.15, 0.2) is 23.4 Å². The van der Waals surface area contributed by atoms with Crippen LogP contribution in [0, 0.1) is 5.92 Å². The van der Waals surface area contributed by atoms with E-state index < -0.39 is 0 Å². The standard InChI is InChI=1S/C12H19N3OS/c1-9(2)5-6-14-11(16)8-17-12-4-3-10(13)7-15-12/h3-4,7,9H,5-6,8,13H2,1-2H3,(H,14,16). The minimum atomic E-state index is 0.0503. The minimum Gasteiger partial charge on any atom is -0.397 e. The van der Waals surface area contributed by atoms with Crippen molar-refractivity contribution in [3.05, 3.63) is 18.3 Å². The van der Waals surface area contributed by atoms with E-state index in [0.29, 0.717) is 17.4 Å². The lowest BCUT2D eigenvalue weighted by atomic mass is 10.1. The van der Waals surface area contributed by atoms with E-state index in [4.69, 9.17) is 5.73 Å². The third kappa shape index (κ3) is 6.16. The Morgan fingerprint density at radius 1 is 1.53 bits per heavy atom. The quantitative estimate of drug-likeness (QED) is 0.760. The van der Waals surface area contributed by atoms with Crippen LogP contribution in [0.1, 0.15) is 20.3 Å². The van der Waals surface area contributed by atoms with Crippen molar-refractivity contribution in [3.63, 3.8) is 0 Å². The number of nitrogens with two attached hydrogens (primary N) is 1. The number of nitrogens with zero attached hydrogens (tertiary/aromatic N) is 1. The van der Waals surface area contributed by atoms with E-state index in [1.807, 2.05) is 6.07 Å². The number of anilines is 1. The molecule has 0 saturated heterocycles. The average Bonchev–Trinajstić information content (AvgIpc) is 2.28. The van der Waals surface area contributed by atoms with E-state index in [0.717, 1.165) is 18.0 Å². The van der Waals surface area contributed by atoms with Crippen LogP contribution in [-0.4, -0.2) is 23.2 Å². The van der Waals surface area contributed by atoms with Crippen LogP contribution in [0.4, 0.5) is 5.69 Å². The summed E-state index contributed by atoms with van der Waals surface area (Å²) in [4.78, 5) is 15.6. The second-order valence-electron chi connectivity index (χ2n) is 4.25. The van der Waals surface area contributed by atoms with Gasteiger partial charge in [0.1, 0.15) is 0 Å². The Balaban J connectivity index is 2.21. The molecule has 0 aromatic carbocycles. The van der Waals surface area contributed by atoms with E-state index in [1.165, 1.54) is 11.8 Å². The highest BCUT2D eigenvalue weighted by molar-refractivity contribution is 7.99.